The molecule has 0 bridgehead atoms. The van der Waals surface area contributed by atoms with Crippen molar-refractivity contribution in [2.75, 3.05) is 10.5 Å². The first-order valence-corrected chi connectivity index (χ1v) is 13.5. The van der Waals surface area contributed by atoms with Crippen molar-refractivity contribution in [3.8, 4) is 5.75 Å². The largest absolute Gasteiger partial charge is 0.506 e. The molecule has 4 rings (SSSR count). The van der Waals surface area contributed by atoms with Crippen molar-refractivity contribution in [2.24, 2.45) is 0 Å². The Labute approximate surface area is 198 Å². The zero-order valence-electron chi connectivity index (χ0n) is 18.2. The second kappa shape index (κ2) is 10.1. The smallest absolute Gasteiger partial charge is 0.313 e. The zero-order valence-corrected chi connectivity index (χ0v) is 19.8. The SMILES string of the molecule is O=C(O)CSc1cc(NS(=O)(=O)c2ccc(C3CCCCCC3)cc2)c2ccccc2c1O. The molecular weight excluding hydrogens is 458 g/mol. The van der Waals surface area contributed by atoms with Crippen LogP contribution in [0.25, 0.3) is 10.8 Å². The van der Waals surface area contributed by atoms with Crippen molar-refractivity contribution >= 4 is 44.2 Å². The van der Waals surface area contributed by atoms with E-state index in [4.69, 9.17) is 5.11 Å². The number of nitrogens with one attached hydrogen (secondary N) is 1. The van der Waals surface area contributed by atoms with Crippen LogP contribution < -0.4 is 4.72 Å². The number of hydrogen-bond acceptors (Lipinski definition) is 5. The zero-order chi connectivity index (χ0) is 23.4. The van der Waals surface area contributed by atoms with Gasteiger partial charge in [0.25, 0.3) is 10.0 Å². The predicted octanol–water partition coefficient (Wildman–Crippen LogP) is 5.96. The lowest BCUT2D eigenvalue weighted by Gasteiger charge is -2.16. The number of aromatic hydroxyl groups is 1. The van der Waals surface area contributed by atoms with E-state index in [1.807, 2.05) is 12.1 Å². The van der Waals surface area contributed by atoms with Gasteiger partial charge in [-0.05, 0) is 42.5 Å². The molecule has 0 saturated heterocycles. The summed E-state index contributed by atoms with van der Waals surface area (Å²) in [5, 5.41) is 20.6. The van der Waals surface area contributed by atoms with Crippen LogP contribution >= 0.6 is 11.8 Å². The van der Waals surface area contributed by atoms with Crippen LogP contribution in [0.5, 0.6) is 5.75 Å². The fourth-order valence-electron chi connectivity index (χ4n) is 4.40. The summed E-state index contributed by atoms with van der Waals surface area (Å²) in [6.07, 6.45) is 7.23. The summed E-state index contributed by atoms with van der Waals surface area (Å²) in [5.41, 5.74) is 1.47. The Morgan fingerprint density at radius 3 is 2.24 bits per heavy atom. The van der Waals surface area contributed by atoms with Gasteiger partial charge in [-0.3, -0.25) is 9.52 Å². The Morgan fingerprint density at radius 1 is 0.970 bits per heavy atom. The van der Waals surface area contributed by atoms with Crippen LogP contribution in [0, 0.1) is 0 Å². The van der Waals surface area contributed by atoms with E-state index < -0.39 is 16.0 Å². The number of thioether (sulfide) groups is 1. The average molecular weight is 486 g/mol. The van der Waals surface area contributed by atoms with Gasteiger partial charge in [0, 0.05) is 10.8 Å². The van der Waals surface area contributed by atoms with E-state index in [2.05, 4.69) is 4.72 Å². The minimum Gasteiger partial charge on any atom is -0.506 e. The van der Waals surface area contributed by atoms with Gasteiger partial charge in [-0.25, -0.2) is 8.42 Å². The van der Waals surface area contributed by atoms with Crippen LogP contribution in [0.4, 0.5) is 5.69 Å². The van der Waals surface area contributed by atoms with Crippen molar-refractivity contribution < 1.29 is 23.4 Å². The summed E-state index contributed by atoms with van der Waals surface area (Å²) in [7, 11) is -3.88. The first-order chi connectivity index (χ1) is 15.8. The highest BCUT2D eigenvalue weighted by Gasteiger charge is 2.20. The minimum absolute atomic E-state index is 0.0625. The number of carboxylic acid groups (broad SMARTS) is 1. The Bertz CT molecular complexity index is 1250. The van der Waals surface area contributed by atoms with E-state index in [0.29, 0.717) is 27.3 Å². The fraction of sp³-hybridized carbons (Fsp3) is 0.320. The lowest BCUT2D eigenvalue weighted by Crippen LogP contribution is -2.13. The molecule has 0 heterocycles. The quantitative estimate of drug-likeness (QED) is 0.217. The number of carboxylic acids is 1. The molecule has 33 heavy (non-hydrogen) atoms. The van der Waals surface area contributed by atoms with Crippen LogP contribution in [0.3, 0.4) is 0 Å². The van der Waals surface area contributed by atoms with Crippen LogP contribution in [0.1, 0.15) is 50.0 Å². The molecule has 0 unspecified atom stereocenters. The second-order valence-electron chi connectivity index (χ2n) is 8.36. The van der Waals surface area contributed by atoms with Crippen LogP contribution in [0.2, 0.25) is 0 Å². The van der Waals surface area contributed by atoms with Crippen LogP contribution in [-0.4, -0.2) is 30.4 Å². The van der Waals surface area contributed by atoms with Crippen molar-refractivity contribution in [3.05, 3.63) is 60.2 Å². The Morgan fingerprint density at radius 2 is 1.61 bits per heavy atom. The lowest BCUT2D eigenvalue weighted by atomic mass is 9.92. The molecule has 8 heteroatoms. The molecule has 6 nitrogen and oxygen atoms in total. The first-order valence-electron chi connectivity index (χ1n) is 11.1. The van der Waals surface area contributed by atoms with E-state index >= 15 is 0 Å². The third-order valence-electron chi connectivity index (χ3n) is 6.09. The number of aliphatic carboxylic acids is 1. The molecule has 1 fully saturated rings. The number of fused-ring (bicyclic) bond motifs is 1. The van der Waals surface area contributed by atoms with Crippen molar-refractivity contribution in [1.29, 1.82) is 0 Å². The second-order valence-corrected chi connectivity index (χ2v) is 11.1. The number of phenolic OH excluding ortho intramolecular Hbond substituents is 1. The first kappa shape index (κ1) is 23.4. The number of anilines is 1. The monoisotopic (exact) mass is 485 g/mol. The van der Waals surface area contributed by atoms with E-state index in [0.717, 1.165) is 24.6 Å². The molecule has 0 radical (unpaired) electrons. The number of phenols is 1. The van der Waals surface area contributed by atoms with E-state index in [9.17, 15) is 18.3 Å². The molecule has 174 valence electrons. The average Bonchev–Trinajstić information content (AvgIpc) is 3.10. The predicted molar refractivity (Wildman–Crippen MR) is 132 cm³/mol. The summed E-state index contributed by atoms with van der Waals surface area (Å²) in [5.74, 6) is -0.858. The van der Waals surface area contributed by atoms with Crippen molar-refractivity contribution in [1.82, 2.24) is 0 Å². The van der Waals surface area contributed by atoms with Gasteiger partial charge in [-0.2, -0.15) is 0 Å². The van der Waals surface area contributed by atoms with Gasteiger partial charge in [0.15, 0.2) is 0 Å². The Hall–Kier alpha value is -2.71. The van der Waals surface area contributed by atoms with Crippen molar-refractivity contribution in [2.45, 2.75) is 54.2 Å². The maximum Gasteiger partial charge on any atom is 0.313 e. The number of benzene rings is 3. The Kier molecular flexibility index (Phi) is 7.14. The van der Waals surface area contributed by atoms with Crippen molar-refractivity contribution in [3.63, 3.8) is 0 Å². The Balaban J connectivity index is 1.64. The highest BCUT2D eigenvalue weighted by atomic mass is 32.2. The lowest BCUT2D eigenvalue weighted by molar-refractivity contribution is -0.133. The van der Waals surface area contributed by atoms with Crippen LogP contribution in [0.15, 0.2) is 64.4 Å². The van der Waals surface area contributed by atoms with Gasteiger partial charge in [-0.15, -0.1) is 11.8 Å². The summed E-state index contributed by atoms with van der Waals surface area (Å²) in [6, 6.07) is 15.5. The topological polar surface area (TPSA) is 104 Å². The summed E-state index contributed by atoms with van der Waals surface area (Å²) in [4.78, 5) is 11.5. The van der Waals surface area contributed by atoms with E-state index in [-0.39, 0.29) is 16.4 Å². The molecule has 3 aromatic rings. The molecule has 1 aliphatic carbocycles. The molecule has 0 spiro atoms. The maximum absolute atomic E-state index is 13.2. The highest BCUT2D eigenvalue weighted by Crippen LogP contribution is 2.40. The third kappa shape index (κ3) is 5.45. The molecule has 0 aliphatic heterocycles. The number of sulfonamides is 1. The van der Waals surface area contributed by atoms with Gasteiger partial charge in [0.2, 0.25) is 0 Å². The maximum atomic E-state index is 13.2. The molecule has 0 amide bonds. The fourth-order valence-corrected chi connectivity index (χ4v) is 6.20. The van der Waals surface area contributed by atoms with Gasteiger partial charge in [-0.1, -0.05) is 62.1 Å². The third-order valence-corrected chi connectivity index (χ3v) is 8.49. The normalized spacial score (nSPS) is 15.3. The molecule has 3 N–H and O–H groups in total. The number of carbonyl (C=O) groups is 1. The minimum atomic E-state index is -3.88. The molecule has 1 saturated carbocycles. The van der Waals surface area contributed by atoms with E-state index in [1.165, 1.54) is 37.3 Å². The standard InChI is InChI=1S/C25H27NO5S2/c27-24(28)16-32-23-15-22(20-9-5-6-10-21(20)25(23)29)26-33(30,31)19-13-11-18(12-14-19)17-7-3-1-2-4-8-17/h5-6,9-15,17,26,29H,1-4,7-8,16H2,(H,27,28). The van der Waals surface area contributed by atoms with Gasteiger partial charge in [0.1, 0.15) is 5.75 Å². The van der Waals surface area contributed by atoms with Crippen LogP contribution in [-0.2, 0) is 14.8 Å². The highest BCUT2D eigenvalue weighted by molar-refractivity contribution is 8.00. The summed E-state index contributed by atoms with van der Waals surface area (Å²) >= 11 is 0.941. The summed E-state index contributed by atoms with van der Waals surface area (Å²) in [6.45, 7) is 0. The molecule has 1 aliphatic rings. The molecular formula is C25H27NO5S2. The molecule has 0 atom stereocenters. The molecule has 0 aromatic heterocycles. The molecule has 3 aromatic carbocycles. The van der Waals surface area contributed by atoms with Gasteiger partial charge < -0.3 is 10.2 Å². The van der Waals surface area contributed by atoms with E-state index in [1.54, 1.807) is 36.4 Å². The number of hydrogen-bond donors (Lipinski definition) is 3. The summed E-state index contributed by atoms with van der Waals surface area (Å²) < 4.78 is 29.0. The number of rotatable bonds is 7. The van der Waals surface area contributed by atoms with Gasteiger partial charge >= 0.3 is 5.97 Å². The van der Waals surface area contributed by atoms with Gasteiger partial charge in [0.05, 0.1) is 21.2 Å².